The summed E-state index contributed by atoms with van der Waals surface area (Å²) in [6, 6.07) is 6.96. The molecule has 0 aliphatic rings. The fourth-order valence-electron chi connectivity index (χ4n) is 1.78. The molecule has 0 saturated heterocycles. The van der Waals surface area contributed by atoms with Crippen molar-refractivity contribution in [3.05, 3.63) is 47.5 Å². The lowest BCUT2D eigenvalue weighted by molar-refractivity contribution is 0.0914. The minimum absolute atomic E-state index is 0.265. The van der Waals surface area contributed by atoms with Crippen molar-refractivity contribution in [1.82, 2.24) is 10.3 Å². The van der Waals surface area contributed by atoms with Crippen molar-refractivity contribution < 1.29 is 18.7 Å². The number of methoxy groups -OCH3 is 1. The van der Waals surface area contributed by atoms with E-state index in [1.165, 1.54) is 0 Å². The first kappa shape index (κ1) is 15.1. The van der Waals surface area contributed by atoms with E-state index in [0.717, 1.165) is 5.56 Å². The lowest BCUT2D eigenvalue weighted by atomic mass is 10.2. The van der Waals surface area contributed by atoms with Crippen LogP contribution in [0.4, 0.5) is 0 Å². The van der Waals surface area contributed by atoms with E-state index in [9.17, 15) is 4.79 Å². The van der Waals surface area contributed by atoms with Crippen LogP contribution in [0.3, 0.4) is 0 Å². The monoisotopic (exact) mass is 290 g/mol. The highest BCUT2D eigenvalue weighted by Crippen LogP contribution is 2.11. The van der Waals surface area contributed by atoms with E-state index >= 15 is 0 Å². The lowest BCUT2D eigenvalue weighted by Crippen LogP contribution is -2.22. The van der Waals surface area contributed by atoms with Crippen LogP contribution in [0.2, 0.25) is 0 Å². The first-order valence-corrected chi connectivity index (χ1v) is 6.66. The van der Waals surface area contributed by atoms with Crippen molar-refractivity contribution in [2.24, 2.45) is 0 Å². The molecule has 0 bridgehead atoms. The highest BCUT2D eigenvalue weighted by atomic mass is 16.5. The molecule has 2 aromatic rings. The maximum atomic E-state index is 12.0. The van der Waals surface area contributed by atoms with E-state index < -0.39 is 0 Å². The standard InChI is InChI=1S/C15H18N2O4/c1-3-20-14-8-11(6-7-16-14)9-17-15(18)13-5-4-12(21-13)10-19-2/h4-8H,3,9-10H2,1-2H3,(H,17,18). The van der Waals surface area contributed by atoms with E-state index in [-0.39, 0.29) is 11.7 Å². The van der Waals surface area contributed by atoms with Crippen LogP contribution in [0.15, 0.2) is 34.9 Å². The van der Waals surface area contributed by atoms with E-state index in [2.05, 4.69) is 10.3 Å². The molecular formula is C15H18N2O4. The summed E-state index contributed by atoms with van der Waals surface area (Å²) in [5, 5.41) is 2.78. The van der Waals surface area contributed by atoms with Gasteiger partial charge in [-0.2, -0.15) is 0 Å². The normalized spacial score (nSPS) is 10.4. The number of carbonyl (C=O) groups excluding carboxylic acids is 1. The number of carbonyl (C=O) groups is 1. The Kier molecular flexibility index (Phi) is 5.34. The van der Waals surface area contributed by atoms with Gasteiger partial charge in [0.25, 0.3) is 5.91 Å². The Balaban J connectivity index is 1.92. The smallest absolute Gasteiger partial charge is 0.287 e. The third kappa shape index (κ3) is 4.32. The van der Waals surface area contributed by atoms with Gasteiger partial charge in [0.2, 0.25) is 5.88 Å². The van der Waals surface area contributed by atoms with Gasteiger partial charge in [0.15, 0.2) is 5.76 Å². The van der Waals surface area contributed by atoms with Crippen LogP contribution >= 0.6 is 0 Å². The molecule has 112 valence electrons. The van der Waals surface area contributed by atoms with Gasteiger partial charge in [0.05, 0.1) is 6.61 Å². The fraction of sp³-hybridized carbons (Fsp3) is 0.333. The summed E-state index contributed by atoms with van der Waals surface area (Å²) < 4.78 is 15.6. The van der Waals surface area contributed by atoms with Gasteiger partial charge in [0, 0.05) is 25.9 Å². The third-order valence-electron chi connectivity index (χ3n) is 2.72. The van der Waals surface area contributed by atoms with Gasteiger partial charge in [-0.1, -0.05) is 0 Å². The Bertz CT molecular complexity index is 595. The molecule has 21 heavy (non-hydrogen) atoms. The first-order valence-electron chi connectivity index (χ1n) is 6.66. The molecule has 0 aliphatic carbocycles. The molecule has 0 fully saturated rings. The summed E-state index contributed by atoms with van der Waals surface area (Å²) in [7, 11) is 1.57. The summed E-state index contributed by atoms with van der Waals surface area (Å²) in [5.74, 6) is 1.16. The van der Waals surface area contributed by atoms with Crippen molar-refractivity contribution >= 4 is 5.91 Å². The molecule has 0 spiro atoms. The van der Waals surface area contributed by atoms with E-state index in [4.69, 9.17) is 13.9 Å². The Morgan fingerprint density at radius 2 is 2.24 bits per heavy atom. The second-order valence-corrected chi connectivity index (χ2v) is 4.32. The molecule has 0 aliphatic heterocycles. The number of furan rings is 1. The lowest BCUT2D eigenvalue weighted by Gasteiger charge is -2.06. The topological polar surface area (TPSA) is 73.6 Å². The molecule has 2 heterocycles. The molecule has 0 atom stereocenters. The zero-order valence-corrected chi connectivity index (χ0v) is 12.1. The van der Waals surface area contributed by atoms with Gasteiger partial charge >= 0.3 is 0 Å². The Morgan fingerprint density at radius 3 is 3.00 bits per heavy atom. The SMILES string of the molecule is CCOc1cc(CNC(=O)c2ccc(COC)o2)ccn1. The highest BCUT2D eigenvalue weighted by molar-refractivity contribution is 5.91. The molecule has 2 rings (SSSR count). The molecule has 1 N–H and O–H groups in total. The zero-order valence-electron chi connectivity index (χ0n) is 12.1. The summed E-state index contributed by atoms with van der Waals surface area (Å²) in [6.07, 6.45) is 1.65. The van der Waals surface area contributed by atoms with E-state index in [0.29, 0.717) is 31.4 Å². The molecule has 6 nitrogen and oxygen atoms in total. The molecule has 6 heteroatoms. The number of aromatic nitrogens is 1. The number of rotatable bonds is 7. The minimum atomic E-state index is -0.271. The van der Waals surface area contributed by atoms with E-state index in [1.807, 2.05) is 13.0 Å². The van der Waals surface area contributed by atoms with Crippen LogP contribution in [0.25, 0.3) is 0 Å². The summed E-state index contributed by atoms with van der Waals surface area (Å²) >= 11 is 0. The average molecular weight is 290 g/mol. The number of nitrogens with one attached hydrogen (secondary N) is 1. The van der Waals surface area contributed by atoms with Crippen molar-refractivity contribution in [2.75, 3.05) is 13.7 Å². The van der Waals surface area contributed by atoms with Gasteiger partial charge in [-0.25, -0.2) is 4.98 Å². The van der Waals surface area contributed by atoms with Gasteiger partial charge in [0.1, 0.15) is 12.4 Å². The quantitative estimate of drug-likeness (QED) is 0.845. The van der Waals surface area contributed by atoms with Crippen molar-refractivity contribution in [2.45, 2.75) is 20.1 Å². The van der Waals surface area contributed by atoms with E-state index in [1.54, 1.807) is 31.5 Å². The number of hydrogen-bond donors (Lipinski definition) is 1. The summed E-state index contributed by atoms with van der Waals surface area (Å²) in [5.41, 5.74) is 0.908. The van der Waals surface area contributed by atoms with Gasteiger partial charge < -0.3 is 19.2 Å². The number of pyridine rings is 1. The Hall–Kier alpha value is -2.34. The van der Waals surface area contributed by atoms with Crippen LogP contribution < -0.4 is 10.1 Å². The zero-order chi connectivity index (χ0) is 15.1. The second-order valence-electron chi connectivity index (χ2n) is 4.32. The molecule has 0 aromatic carbocycles. The fourth-order valence-corrected chi connectivity index (χ4v) is 1.78. The van der Waals surface area contributed by atoms with Crippen LogP contribution in [0.5, 0.6) is 5.88 Å². The van der Waals surface area contributed by atoms with Crippen LogP contribution in [0.1, 0.15) is 28.8 Å². The summed E-state index contributed by atoms with van der Waals surface area (Å²) in [4.78, 5) is 16.0. The summed E-state index contributed by atoms with van der Waals surface area (Å²) in [6.45, 7) is 3.17. The highest BCUT2D eigenvalue weighted by Gasteiger charge is 2.11. The van der Waals surface area contributed by atoms with Gasteiger partial charge in [-0.15, -0.1) is 0 Å². The maximum Gasteiger partial charge on any atom is 0.287 e. The van der Waals surface area contributed by atoms with Crippen molar-refractivity contribution in [3.63, 3.8) is 0 Å². The molecule has 1 amide bonds. The first-order chi connectivity index (χ1) is 10.2. The molecule has 0 unspecified atom stereocenters. The average Bonchev–Trinajstić information content (AvgIpc) is 2.95. The largest absolute Gasteiger partial charge is 0.478 e. The molecular weight excluding hydrogens is 272 g/mol. The van der Waals surface area contributed by atoms with Crippen LogP contribution in [-0.4, -0.2) is 24.6 Å². The van der Waals surface area contributed by atoms with Crippen LogP contribution in [0, 0.1) is 0 Å². The van der Waals surface area contributed by atoms with Crippen molar-refractivity contribution in [3.8, 4) is 5.88 Å². The van der Waals surface area contributed by atoms with Gasteiger partial charge in [-0.3, -0.25) is 4.79 Å². The molecule has 2 aromatic heterocycles. The van der Waals surface area contributed by atoms with Crippen LogP contribution in [-0.2, 0) is 17.9 Å². The number of ether oxygens (including phenoxy) is 2. The number of hydrogen-bond acceptors (Lipinski definition) is 5. The number of nitrogens with zero attached hydrogens (tertiary/aromatic N) is 1. The Labute approximate surface area is 123 Å². The number of amides is 1. The third-order valence-corrected chi connectivity index (χ3v) is 2.72. The maximum absolute atomic E-state index is 12.0. The predicted molar refractivity (Wildman–Crippen MR) is 76.0 cm³/mol. The minimum Gasteiger partial charge on any atom is -0.478 e. The second kappa shape index (κ2) is 7.44. The molecule has 0 saturated carbocycles. The Morgan fingerprint density at radius 1 is 1.38 bits per heavy atom. The van der Waals surface area contributed by atoms with Gasteiger partial charge in [-0.05, 0) is 30.7 Å². The predicted octanol–water partition coefficient (Wildman–Crippen LogP) is 2.15. The molecule has 0 radical (unpaired) electrons. The van der Waals surface area contributed by atoms with Crippen molar-refractivity contribution in [1.29, 1.82) is 0 Å².